The SMILES string of the molecule is CCCC(C)N(C)C(=O)[C@H](C)N. The molecule has 0 rings (SSSR count). The Kier molecular flexibility index (Phi) is 4.90. The summed E-state index contributed by atoms with van der Waals surface area (Å²) < 4.78 is 0. The Balaban J connectivity index is 4.00. The molecule has 0 saturated heterocycles. The van der Waals surface area contributed by atoms with E-state index in [1.807, 2.05) is 14.0 Å². The van der Waals surface area contributed by atoms with Crippen molar-refractivity contribution in [1.29, 1.82) is 0 Å². The van der Waals surface area contributed by atoms with Crippen LogP contribution in [0.15, 0.2) is 0 Å². The Hall–Kier alpha value is -0.570. The maximum Gasteiger partial charge on any atom is 0.239 e. The number of likely N-dealkylation sites (N-methyl/N-ethyl adjacent to an activating group) is 1. The minimum atomic E-state index is -0.380. The maximum absolute atomic E-state index is 11.4. The van der Waals surface area contributed by atoms with Crippen molar-refractivity contribution in [2.75, 3.05) is 7.05 Å². The Bertz CT molecular complexity index is 145. The van der Waals surface area contributed by atoms with Crippen molar-refractivity contribution < 1.29 is 4.79 Å². The van der Waals surface area contributed by atoms with Crippen LogP contribution in [0.2, 0.25) is 0 Å². The number of nitrogens with two attached hydrogens (primary N) is 1. The molecule has 72 valence electrons. The summed E-state index contributed by atoms with van der Waals surface area (Å²) >= 11 is 0. The van der Waals surface area contributed by atoms with E-state index in [1.54, 1.807) is 11.8 Å². The molecule has 0 radical (unpaired) electrons. The molecule has 2 atom stereocenters. The normalized spacial score (nSPS) is 15.4. The Morgan fingerprint density at radius 3 is 2.33 bits per heavy atom. The smallest absolute Gasteiger partial charge is 0.239 e. The zero-order valence-corrected chi connectivity index (χ0v) is 8.50. The van der Waals surface area contributed by atoms with Crippen molar-refractivity contribution in [3.05, 3.63) is 0 Å². The topological polar surface area (TPSA) is 46.3 Å². The van der Waals surface area contributed by atoms with Gasteiger partial charge in [0, 0.05) is 13.1 Å². The van der Waals surface area contributed by atoms with Crippen LogP contribution >= 0.6 is 0 Å². The first-order valence-corrected chi connectivity index (χ1v) is 4.53. The first-order chi connectivity index (χ1) is 5.50. The van der Waals surface area contributed by atoms with E-state index >= 15 is 0 Å². The zero-order valence-electron chi connectivity index (χ0n) is 8.50. The highest BCUT2D eigenvalue weighted by Crippen LogP contribution is 2.04. The van der Waals surface area contributed by atoms with Crippen molar-refractivity contribution in [3.63, 3.8) is 0 Å². The van der Waals surface area contributed by atoms with Gasteiger partial charge in [-0.2, -0.15) is 0 Å². The van der Waals surface area contributed by atoms with E-state index in [9.17, 15) is 4.79 Å². The fourth-order valence-electron chi connectivity index (χ4n) is 1.15. The minimum absolute atomic E-state index is 0.0240. The standard InChI is InChI=1S/C9H20N2O/c1-5-6-7(2)11(4)9(12)8(3)10/h7-8H,5-6,10H2,1-4H3/t7?,8-/m0/s1. The predicted octanol–water partition coefficient (Wildman–Crippen LogP) is 0.981. The van der Waals surface area contributed by atoms with E-state index in [4.69, 9.17) is 5.73 Å². The molecule has 0 aromatic carbocycles. The van der Waals surface area contributed by atoms with Gasteiger partial charge in [0.05, 0.1) is 6.04 Å². The van der Waals surface area contributed by atoms with Gasteiger partial charge in [0.25, 0.3) is 0 Å². The van der Waals surface area contributed by atoms with Crippen molar-refractivity contribution in [3.8, 4) is 0 Å². The molecule has 1 unspecified atom stereocenters. The molecule has 0 saturated carbocycles. The summed E-state index contributed by atoms with van der Waals surface area (Å²) in [7, 11) is 1.81. The van der Waals surface area contributed by atoms with Gasteiger partial charge in [0.15, 0.2) is 0 Å². The third-order valence-electron chi connectivity index (χ3n) is 2.10. The van der Waals surface area contributed by atoms with Crippen molar-refractivity contribution in [2.24, 2.45) is 5.73 Å². The van der Waals surface area contributed by atoms with E-state index in [1.165, 1.54) is 0 Å². The second-order valence-corrected chi connectivity index (χ2v) is 3.38. The molecule has 0 fully saturated rings. The summed E-state index contributed by atoms with van der Waals surface area (Å²) in [6.07, 6.45) is 2.13. The van der Waals surface area contributed by atoms with Crippen LogP contribution in [0.4, 0.5) is 0 Å². The highest BCUT2D eigenvalue weighted by atomic mass is 16.2. The van der Waals surface area contributed by atoms with Crippen molar-refractivity contribution in [2.45, 2.75) is 45.7 Å². The average molecular weight is 172 g/mol. The lowest BCUT2D eigenvalue weighted by Gasteiger charge is -2.26. The fraction of sp³-hybridized carbons (Fsp3) is 0.889. The number of amides is 1. The molecule has 3 nitrogen and oxygen atoms in total. The van der Waals surface area contributed by atoms with E-state index in [2.05, 4.69) is 6.92 Å². The molecule has 1 amide bonds. The molecule has 0 aromatic heterocycles. The van der Waals surface area contributed by atoms with Crippen LogP contribution < -0.4 is 5.73 Å². The van der Waals surface area contributed by atoms with Crippen LogP contribution in [0.1, 0.15) is 33.6 Å². The highest BCUT2D eigenvalue weighted by Gasteiger charge is 2.17. The van der Waals surface area contributed by atoms with Gasteiger partial charge in [-0.05, 0) is 20.3 Å². The lowest BCUT2D eigenvalue weighted by atomic mass is 10.1. The molecule has 3 heteroatoms. The van der Waals surface area contributed by atoms with Crippen LogP contribution in [-0.2, 0) is 4.79 Å². The Morgan fingerprint density at radius 2 is 2.00 bits per heavy atom. The maximum atomic E-state index is 11.4. The molecule has 0 bridgehead atoms. The molecule has 0 aromatic rings. The molecule has 2 N–H and O–H groups in total. The van der Waals surface area contributed by atoms with Crippen LogP contribution in [0.3, 0.4) is 0 Å². The van der Waals surface area contributed by atoms with E-state index in [0.29, 0.717) is 6.04 Å². The second kappa shape index (κ2) is 5.14. The van der Waals surface area contributed by atoms with Crippen molar-refractivity contribution >= 4 is 5.91 Å². The lowest BCUT2D eigenvalue weighted by Crippen LogP contribution is -2.44. The molecule has 12 heavy (non-hydrogen) atoms. The fourth-order valence-corrected chi connectivity index (χ4v) is 1.15. The summed E-state index contributed by atoms with van der Waals surface area (Å²) in [5, 5.41) is 0. The van der Waals surface area contributed by atoms with Crippen LogP contribution in [0.25, 0.3) is 0 Å². The van der Waals surface area contributed by atoms with Crippen LogP contribution in [-0.4, -0.2) is 29.9 Å². The number of hydrogen-bond donors (Lipinski definition) is 1. The summed E-state index contributed by atoms with van der Waals surface area (Å²) in [6, 6.07) is -0.0807. The molecule has 0 heterocycles. The Morgan fingerprint density at radius 1 is 1.50 bits per heavy atom. The molecule has 0 aliphatic rings. The van der Waals surface area contributed by atoms with Gasteiger partial charge >= 0.3 is 0 Å². The van der Waals surface area contributed by atoms with Gasteiger partial charge in [-0.15, -0.1) is 0 Å². The minimum Gasteiger partial charge on any atom is -0.342 e. The molecule has 0 spiro atoms. The first kappa shape index (κ1) is 11.4. The van der Waals surface area contributed by atoms with Crippen molar-refractivity contribution in [1.82, 2.24) is 4.90 Å². The summed E-state index contributed by atoms with van der Waals surface area (Å²) in [4.78, 5) is 13.1. The van der Waals surface area contributed by atoms with Crippen LogP contribution in [0, 0.1) is 0 Å². The van der Waals surface area contributed by atoms with Gasteiger partial charge < -0.3 is 10.6 Å². The van der Waals surface area contributed by atoms with E-state index in [-0.39, 0.29) is 11.9 Å². The highest BCUT2D eigenvalue weighted by molar-refractivity contribution is 5.81. The zero-order chi connectivity index (χ0) is 9.72. The first-order valence-electron chi connectivity index (χ1n) is 4.53. The van der Waals surface area contributed by atoms with Gasteiger partial charge in [-0.1, -0.05) is 13.3 Å². The monoisotopic (exact) mass is 172 g/mol. The van der Waals surface area contributed by atoms with E-state index in [0.717, 1.165) is 12.8 Å². The molecule has 0 aliphatic carbocycles. The number of nitrogens with zero attached hydrogens (tertiary/aromatic N) is 1. The number of rotatable bonds is 4. The third kappa shape index (κ3) is 3.22. The van der Waals surface area contributed by atoms with Gasteiger partial charge in [0.2, 0.25) is 5.91 Å². The molecular formula is C9H20N2O. The number of hydrogen-bond acceptors (Lipinski definition) is 2. The van der Waals surface area contributed by atoms with Gasteiger partial charge in [-0.3, -0.25) is 4.79 Å². The number of carbonyl (C=O) groups excluding carboxylic acids is 1. The Labute approximate surface area is 74.9 Å². The largest absolute Gasteiger partial charge is 0.342 e. The van der Waals surface area contributed by atoms with Crippen LogP contribution in [0.5, 0.6) is 0 Å². The summed E-state index contributed by atoms with van der Waals surface area (Å²) in [5.41, 5.74) is 5.48. The van der Waals surface area contributed by atoms with Gasteiger partial charge in [-0.25, -0.2) is 0 Å². The summed E-state index contributed by atoms with van der Waals surface area (Å²) in [5.74, 6) is 0.0240. The number of carbonyl (C=O) groups is 1. The van der Waals surface area contributed by atoms with Gasteiger partial charge in [0.1, 0.15) is 0 Å². The van der Waals surface area contributed by atoms with E-state index < -0.39 is 0 Å². The molecule has 0 aliphatic heterocycles. The third-order valence-corrected chi connectivity index (χ3v) is 2.10. The molecular weight excluding hydrogens is 152 g/mol. The second-order valence-electron chi connectivity index (χ2n) is 3.38. The lowest BCUT2D eigenvalue weighted by molar-refractivity contribution is -0.132. The predicted molar refractivity (Wildman–Crippen MR) is 50.8 cm³/mol. The quantitative estimate of drug-likeness (QED) is 0.687. The average Bonchev–Trinajstić information content (AvgIpc) is 2.02. The summed E-state index contributed by atoms with van der Waals surface area (Å²) in [6.45, 7) is 5.88.